The fourth-order valence-corrected chi connectivity index (χ4v) is 1.81. The first-order chi connectivity index (χ1) is 7.56. The van der Waals surface area contributed by atoms with E-state index in [2.05, 4.69) is 16.9 Å². The predicted molar refractivity (Wildman–Crippen MR) is 61.4 cm³/mol. The second kappa shape index (κ2) is 3.63. The first-order valence-electron chi connectivity index (χ1n) is 5.14. The molecule has 4 nitrogen and oxygen atoms in total. The number of fused-ring (bicyclic) bond motifs is 1. The molecule has 16 heavy (non-hydrogen) atoms. The van der Waals surface area contributed by atoms with Gasteiger partial charge < -0.3 is 10.1 Å². The van der Waals surface area contributed by atoms with Crippen molar-refractivity contribution in [1.82, 2.24) is 4.98 Å². The normalized spacial score (nSPS) is 16.5. The van der Waals surface area contributed by atoms with Crippen molar-refractivity contribution in [2.75, 3.05) is 11.9 Å². The molecule has 0 bridgehead atoms. The fraction of sp³-hybridized carbons (Fsp3) is 0.333. The van der Waals surface area contributed by atoms with Crippen LogP contribution in [0.3, 0.4) is 0 Å². The van der Waals surface area contributed by atoms with Crippen LogP contribution in [0.15, 0.2) is 24.9 Å². The van der Waals surface area contributed by atoms with Crippen molar-refractivity contribution >= 4 is 11.8 Å². The van der Waals surface area contributed by atoms with Crippen molar-refractivity contribution in [3.8, 4) is 0 Å². The number of cyclic esters (lactones) is 1. The van der Waals surface area contributed by atoms with Crippen molar-refractivity contribution in [1.29, 1.82) is 0 Å². The number of aromatic nitrogens is 1. The minimum Gasteiger partial charge on any atom is -0.451 e. The van der Waals surface area contributed by atoms with Gasteiger partial charge in [-0.25, -0.2) is 9.78 Å². The van der Waals surface area contributed by atoms with Crippen LogP contribution in [-0.2, 0) is 10.3 Å². The van der Waals surface area contributed by atoms with Crippen LogP contribution in [0.1, 0.15) is 29.8 Å². The number of hydrogen-bond acceptors (Lipinski definition) is 4. The Hall–Kier alpha value is -1.84. The van der Waals surface area contributed by atoms with Gasteiger partial charge in [-0.3, -0.25) is 0 Å². The maximum atomic E-state index is 11.7. The largest absolute Gasteiger partial charge is 0.451 e. The Morgan fingerprint density at radius 1 is 1.62 bits per heavy atom. The summed E-state index contributed by atoms with van der Waals surface area (Å²) in [7, 11) is 0. The van der Waals surface area contributed by atoms with Crippen LogP contribution in [0.25, 0.3) is 0 Å². The van der Waals surface area contributed by atoms with Crippen LogP contribution < -0.4 is 5.32 Å². The molecule has 0 aliphatic carbocycles. The van der Waals surface area contributed by atoms with Crippen molar-refractivity contribution in [3.63, 3.8) is 0 Å². The van der Waals surface area contributed by atoms with Crippen molar-refractivity contribution in [2.24, 2.45) is 0 Å². The summed E-state index contributed by atoms with van der Waals surface area (Å²) in [4.78, 5) is 15.9. The molecule has 1 aromatic heterocycles. The molecule has 1 N–H and O–H groups in total. The Morgan fingerprint density at radius 2 is 2.38 bits per heavy atom. The maximum Gasteiger partial charge on any atom is 0.343 e. The molecule has 0 unspecified atom stereocenters. The summed E-state index contributed by atoms with van der Waals surface area (Å²) in [5, 5.41) is 3.03. The third kappa shape index (κ3) is 1.56. The summed E-state index contributed by atoms with van der Waals surface area (Å²) >= 11 is 0. The van der Waals surface area contributed by atoms with Crippen LogP contribution >= 0.6 is 0 Å². The number of ether oxygens (including phenoxy) is 1. The van der Waals surface area contributed by atoms with Gasteiger partial charge in [0.05, 0.1) is 0 Å². The van der Waals surface area contributed by atoms with Crippen LogP contribution in [0, 0.1) is 0 Å². The van der Waals surface area contributed by atoms with E-state index in [-0.39, 0.29) is 5.97 Å². The molecule has 0 radical (unpaired) electrons. The molecule has 2 rings (SSSR count). The lowest BCUT2D eigenvalue weighted by atomic mass is 9.97. The predicted octanol–water partition coefficient (Wildman–Crippen LogP) is 2.08. The Morgan fingerprint density at radius 3 is 3.06 bits per heavy atom. The smallest absolute Gasteiger partial charge is 0.343 e. The highest BCUT2D eigenvalue weighted by molar-refractivity contribution is 5.99. The molecule has 1 aromatic rings. The molecule has 0 spiro atoms. The summed E-state index contributed by atoms with van der Waals surface area (Å²) in [5.41, 5.74) is 0.841. The highest BCUT2D eigenvalue weighted by Crippen LogP contribution is 2.38. The zero-order chi connectivity index (χ0) is 11.8. The Bertz CT molecular complexity index is 452. The van der Waals surface area contributed by atoms with Gasteiger partial charge in [0.2, 0.25) is 0 Å². The number of anilines is 1. The number of esters is 1. The third-order valence-corrected chi connectivity index (χ3v) is 2.57. The molecule has 0 saturated carbocycles. The second-order valence-electron chi connectivity index (χ2n) is 4.15. The molecule has 1 aliphatic rings. The molecule has 0 fully saturated rings. The minimum atomic E-state index is -0.569. The molecule has 0 saturated heterocycles. The second-order valence-corrected chi connectivity index (χ2v) is 4.15. The number of carbonyl (C=O) groups is 1. The van der Waals surface area contributed by atoms with E-state index < -0.39 is 5.60 Å². The number of rotatable bonds is 3. The average Bonchev–Trinajstić information content (AvgIpc) is 2.47. The highest BCUT2D eigenvalue weighted by Gasteiger charge is 2.39. The first kappa shape index (κ1) is 10.7. The standard InChI is InChI=1S/C12H14N2O2/c1-4-6-13-10-9-8(5-7-14-10)12(2,3)16-11(9)15/h4-5,7H,1,6H2,2-3H3,(H,13,14). The number of pyridine rings is 1. The topological polar surface area (TPSA) is 51.2 Å². The van der Waals surface area contributed by atoms with Crippen molar-refractivity contribution in [3.05, 3.63) is 36.0 Å². The molecular formula is C12H14N2O2. The summed E-state index contributed by atoms with van der Waals surface area (Å²) in [5.74, 6) is 0.243. The van der Waals surface area contributed by atoms with Gasteiger partial charge in [-0.05, 0) is 19.9 Å². The van der Waals surface area contributed by atoms with Crippen LogP contribution in [0.2, 0.25) is 0 Å². The molecule has 0 atom stereocenters. The van der Waals surface area contributed by atoms with E-state index in [1.165, 1.54) is 0 Å². The van der Waals surface area contributed by atoms with Gasteiger partial charge in [-0.2, -0.15) is 0 Å². The van der Waals surface area contributed by atoms with Crippen LogP contribution in [0.5, 0.6) is 0 Å². The number of hydrogen-bond donors (Lipinski definition) is 1. The Balaban J connectivity index is 2.48. The van der Waals surface area contributed by atoms with Gasteiger partial charge in [0.1, 0.15) is 17.0 Å². The van der Waals surface area contributed by atoms with Crippen molar-refractivity contribution < 1.29 is 9.53 Å². The Labute approximate surface area is 94.3 Å². The van der Waals surface area contributed by atoms with Crippen LogP contribution in [-0.4, -0.2) is 17.5 Å². The van der Waals surface area contributed by atoms with E-state index in [0.29, 0.717) is 17.9 Å². The van der Waals surface area contributed by atoms with Gasteiger partial charge >= 0.3 is 5.97 Å². The zero-order valence-corrected chi connectivity index (χ0v) is 9.41. The first-order valence-corrected chi connectivity index (χ1v) is 5.14. The third-order valence-electron chi connectivity index (χ3n) is 2.57. The zero-order valence-electron chi connectivity index (χ0n) is 9.41. The molecule has 1 aliphatic heterocycles. The van der Waals surface area contributed by atoms with E-state index >= 15 is 0 Å². The molecule has 0 aromatic carbocycles. The Kier molecular flexibility index (Phi) is 2.42. The summed E-state index contributed by atoms with van der Waals surface area (Å²) in [6, 6.07) is 1.82. The summed E-state index contributed by atoms with van der Waals surface area (Å²) in [6.07, 6.45) is 3.39. The van der Waals surface area contributed by atoms with E-state index in [0.717, 1.165) is 5.56 Å². The molecule has 2 heterocycles. The van der Waals surface area contributed by atoms with Gasteiger partial charge in [0.15, 0.2) is 0 Å². The van der Waals surface area contributed by atoms with Gasteiger partial charge in [-0.15, -0.1) is 6.58 Å². The minimum absolute atomic E-state index is 0.320. The molecule has 84 valence electrons. The SMILES string of the molecule is C=CCNc1nccc2c1C(=O)OC2(C)C. The highest BCUT2D eigenvalue weighted by atomic mass is 16.6. The van der Waals surface area contributed by atoms with E-state index in [4.69, 9.17) is 4.74 Å². The molecule has 0 amide bonds. The number of nitrogens with one attached hydrogen (secondary N) is 1. The quantitative estimate of drug-likeness (QED) is 0.623. The van der Waals surface area contributed by atoms with Crippen molar-refractivity contribution in [2.45, 2.75) is 19.4 Å². The maximum absolute atomic E-state index is 11.7. The molecular weight excluding hydrogens is 204 g/mol. The van der Waals surface area contributed by atoms with E-state index in [1.54, 1.807) is 12.3 Å². The van der Waals surface area contributed by atoms with Gasteiger partial charge in [0, 0.05) is 18.3 Å². The lowest BCUT2D eigenvalue weighted by Crippen LogP contribution is -2.15. The van der Waals surface area contributed by atoms with Gasteiger partial charge in [0.25, 0.3) is 0 Å². The van der Waals surface area contributed by atoms with Gasteiger partial charge in [-0.1, -0.05) is 6.08 Å². The average molecular weight is 218 g/mol. The lowest BCUT2D eigenvalue weighted by molar-refractivity contribution is 0.00958. The lowest BCUT2D eigenvalue weighted by Gasteiger charge is -2.17. The number of nitrogens with zero attached hydrogens (tertiary/aromatic N) is 1. The summed E-state index contributed by atoms with van der Waals surface area (Å²) < 4.78 is 5.29. The van der Waals surface area contributed by atoms with E-state index in [9.17, 15) is 4.79 Å². The number of carbonyl (C=O) groups excluding carboxylic acids is 1. The summed E-state index contributed by atoms with van der Waals surface area (Å²) in [6.45, 7) is 7.92. The van der Waals surface area contributed by atoms with E-state index in [1.807, 2.05) is 19.9 Å². The molecule has 4 heteroatoms. The monoisotopic (exact) mass is 218 g/mol. The van der Waals surface area contributed by atoms with Crippen LogP contribution in [0.4, 0.5) is 5.82 Å². The fourth-order valence-electron chi connectivity index (χ4n) is 1.81.